The molecule has 1 aromatic carbocycles. The lowest BCUT2D eigenvalue weighted by Crippen LogP contribution is -2.20. The first-order chi connectivity index (χ1) is 7.42. The zero-order chi connectivity index (χ0) is 12.2. The molecule has 16 heavy (non-hydrogen) atoms. The lowest BCUT2D eigenvalue weighted by atomic mass is 9.96. The highest BCUT2D eigenvalue weighted by Crippen LogP contribution is 2.17. The van der Waals surface area contributed by atoms with Crippen molar-refractivity contribution in [1.82, 2.24) is 0 Å². The third-order valence-corrected chi connectivity index (χ3v) is 2.48. The second kappa shape index (κ2) is 5.13. The molecule has 5 nitrogen and oxygen atoms in total. The summed E-state index contributed by atoms with van der Waals surface area (Å²) in [6, 6.07) is 6.81. The van der Waals surface area contributed by atoms with Crippen molar-refractivity contribution in [1.29, 1.82) is 0 Å². The van der Waals surface area contributed by atoms with Crippen molar-refractivity contribution in [2.24, 2.45) is 0 Å². The van der Waals surface area contributed by atoms with Crippen LogP contribution in [0.3, 0.4) is 0 Å². The highest BCUT2D eigenvalue weighted by molar-refractivity contribution is 7.86. The summed E-state index contributed by atoms with van der Waals surface area (Å²) in [5, 5.41) is 0. The Hall–Kier alpha value is -1.34. The van der Waals surface area contributed by atoms with Crippen LogP contribution in [0, 0.1) is 0 Å². The molecule has 0 heterocycles. The van der Waals surface area contributed by atoms with Gasteiger partial charge in [-0.2, -0.15) is 8.42 Å². The molecule has 0 saturated heterocycles. The third-order valence-electron chi connectivity index (χ3n) is 1.88. The normalized spacial score (nSPS) is 11.1. The van der Waals surface area contributed by atoms with Gasteiger partial charge in [-0.3, -0.25) is 9.35 Å². The molecule has 0 saturated carbocycles. The fourth-order valence-electron chi connectivity index (χ4n) is 1.20. The van der Waals surface area contributed by atoms with E-state index in [1.165, 1.54) is 0 Å². The SMILES string of the molecule is BCc1ccccc1OC(=O)CS(=O)(=O)O. The van der Waals surface area contributed by atoms with E-state index >= 15 is 0 Å². The topological polar surface area (TPSA) is 80.7 Å². The third kappa shape index (κ3) is 4.04. The van der Waals surface area contributed by atoms with Gasteiger partial charge in [0.2, 0.25) is 0 Å². The minimum absolute atomic E-state index is 0.318. The Bertz CT molecular complexity index is 482. The molecule has 0 spiro atoms. The highest BCUT2D eigenvalue weighted by atomic mass is 32.2. The Morgan fingerprint density at radius 2 is 2.00 bits per heavy atom. The summed E-state index contributed by atoms with van der Waals surface area (Å²) < 4.78 is 34.2. The maximum Gasteiger partial charge on any atom is 0.329 e. The molecule has 0 aliphatic rings. The first-order valence-electron chi connectivity index (χ1n) is 4.66. The molecule has 0 aliphatic heterocycles. The van der Waals surface area contributed by atoms with Crippen LogP contribution in [0.4, 0.5) is 0 Å². The number of hydrogen-bond donors (Lipinski definition) is 1. The van der Waals surface area contributed by atoms with Crippen molar-refractivity contribution in [2.45, 2.75) is 6.32 Å². The largest absolute Gasteiger partial charge is 0.425 e. The van der Waals surface area contributed by atoms with Crippen LogP contribution in [0.25, 0.3) is 0 Å². The molecule has 0 bridgehead atoms. The quantitative estimate of drug-likeness (QED) is 0.336. The number of benzene rings is 1. The molecule has 0 aliphatic carbocycles. The van der Waals surface area contributed by atoms with Crippen LogP contribution in [0.15, 0.2) is 24.3 Å². The molecule has 1 N–H and O–H groups in total. The van der Waals surface area contributed by atoms with Crippen molar-refractivity contribution in [3.05, 3.63) is 29.8 Å². The average Bonchev–Trinajstić information content (AvgIpc) is 2.15. The number of carbonyl (C=O) groups is 1. The van der Waals surface area contributed by atoms with Gasteiger partial charge in [-0.1, -0.05) is 24.5 Å². The molecular weight excluding hydrogens is 231 g/mol. The summed E-state index contributed by atoms with van der Waals surface area (Å²) in [4.78, 5) is 11.1. The van der Waals surface area contributed by atoms with Crippen molar-refractivity contribution in [3.63, 3.8) is 0 Å². The molecule has 0 atom stereocenters. The maximum absolute atomic E-state index is 11.1. The second-order valence-electron chi connectivity index (χ2n) is 3.16. The number of ether oxygens (including phenoxy) is 1. The first kappa shape index (κ1) is 12.7. The molecule has 86 valence electrons. The van der Waals surface area contributed by atoms with Gasteiger partial charge in [0.15, 0.2) is 5.75 Å². The number of para-hydroxylation sites is 1. The van der Waals surface area contributed by atoms with Gasteiger partial charge >= 0.3 is 5.97 Å². The first-order valence-corrected chi connectivity index (χ1v) is 6.27. The number of carbonyl (C=O) groups excluding carboxylic acids is 1. The van der Waals surface area contributed by atoms with E-state index in [9.17, 15) is 13.2 Å². The molecular formula is C9H11BO5S. The summed E-state index contributed by atoms with van der Waals surface area (Å²) in [5.41, 5.74) is 0.797. The predicted molar refractivity (Wildman–Crippen MR) is 60.7 cm³/mol. The Balaban J connectivity index is 2.77. The van der Waals surface area contributed by atoms with Crippen LogP contribution in [0.1, 0.15) is 5.56 Å². The van der Waals surface area contributed by atoms with Crippen LogP contribution in [-0.4, -0.2) is 32.5 Å². The van der Waals surface area contributed by atoms with Gasteiger partial charge in [-0.05, 0) is 11.6 Å². The van der Waals surface area contributed by atoms with Gasteiger partial charge in [0.05, 0.1) is 0 Å². The van der Waals surface area contributed by atoms with Crippen LogP contribution >= 0.6 is 0 Å². The van der Waals surface area contributed by atoms with E-state index in [0.717, 1.165) is 5.56 Å². The fourth-order valence-corrected chi connectivity index (χ4v) is 1.55. The molecule has 1 rings (SSSR count). The van der Waals surface area contributed by atoms with Crippen LogP contribution in [0.5, 0.6) is 5.75 Å². The van der Waals surface area contributed by atoms with E-state index in [2.05, 4.69) is 0 Å². The maximum atomic E-state index is 11.1. The van der Waals surface area contributed by atoms with E-state index in [-0.39, 0.29) is 0 Å². The van der Waals surface area contributed by atoms with Gasteiger partial charge in [0.1, 0.15) is 13.6 Å². The van der Waals surface area contributed by atoms with Crippen molar-refractivity contribution in [3.8, 4) is 5.75 Å². The summed E-state index contributed by atoms with van der Waals surface area (Å²) in [6.45, 7) is 0. The molecule has 0 unspecified atom stereocenters. The van der Waals surface area contributed by atoms with E-state index in [1.807, 2.05) is 7.85 Å². The highest BCUT2D eigenvalue weighted by Gasteiger charge is 2.15. The lowest BCUT2D eigenvalue weighted by molar-refractivity contribution is -0.131. The van der Waals surface area contributed by atoms with Crippen LogP contribution in [0.2, 0.25) is 0 Å². The van der Waals surface area contributed by atoms with Gasteiger partial charge in [-0.25, -0.2) is 0 Å². The van der Waals surface area contributed by atoms with Crippen molar-refractivity contribution < 1.29 is 22.5 Å². The summed E-state index contributed by atoms with van der Waals surface area (Å²) in [7, 11) is -2.45. The summed E-state index contributed by atoms with van der Waals surface area (Å²) in [5.74, 6) is -1.72. The molecule has 1 aromatic rings. The number of esters is 1. The van der Waals surface area contributed by atoms with E-state index in [4.69, 9.17) is 9.29 Å². The number of hydrogen-bond acceptors (Lipinski definition) is 4. The molecule has 0 fully saturated rings. The Kier molecular flexibility index (Phi) is 4.08. The zero-order valence-corrected chi connectivity index (χ0v) is 9.53. The van der Waals surface area contributed by atoms with Crippen molar-refractivity contribution in [2.75, 3.05) is 5.75 Å². The lowest BCUT2D eigenvalue weighted by Gasteiger charge is -2.07. The molecule has 7 heteroatoms. The zero-order valence-electron chi connectivity index (χ0n) is 8.71. The predicted octanol–water partition coefficient (Wildman–Crippen LogP) is -0.387. The van der Waals surface area contributed by atoms with Crippen molar-refractivity contribution >= 4 is 23.9 Å². The van der Waals surface area contributed by atoms with E-state index in [0.29, 0.717) is 12.1 Å². The number of rotatable bonds is 4. The standard InChI is InChI=1S/C9H11BO5S/c10-5-7-3-1-2-4-8(7)15-9(11)6-16(12,13)14/h1-4H,5-6,10H2,(H,12,13,14). The Labute approximate surface area is 94.6 Å². The fraction of sp³-hybridized carbons (Fsp3) is 0.222. The van der Waals surface area contributed by atoms with E-state index in [1.54, 1.807) is 24.3 Å². The summed E-state index contributed by atoms with van der Waals surface area (Å²) in [6.07, 6.45) is 0.662. The van der Waals surface area contributed by atoms with Gasteiger partial charge < -0.3 is 4.74 Å². The smallest absolute Gasteiger partial charge is 0.329 e. The van der Waals surface area contributed by atoms with Gasteiger partial charge in [0.25, 0.3) is 10.1 Å². The monoisotopic (exact) mass is 242 g/mol. The summed E-state index contributed by atoms with van der Waals surface area (Å²) >= 11 is 0. The van der Waals surface area contributed by atoms with Crippen LogP contribution in [-0.2, 0) is 21.2 Å². The Morgan fingerprint density at radius 1 is 1.38 bits per heavy atom. The molecule has 0 aromatic heterocycles. The minimum Gasteiger partial charge on any atom is -0.425 e. The molecule has 0 amide bonds. The minimum atomic E-state index is -4.34. The second-order valence-corrected chi connectivity index (χ2v) is 4.61. The molecule has 0 radical (unpaired) electrons. The van der Waals surface area contributed by atoms with Gasteiger partial charge in [-0.15, -0.1) is 0 Å². The Morgan fingerprint density at radius 3 is 2.56 bits per heavy atom. The van der Waals surface area contributed by atoms with E-state index < -0.39 is 21.8 Å². The van der Waals surface area contributed by atoms with Gasteiger partial charge in [0, 0.05) is 0 Å². The average molecular weight is 242 g/mol. The van der Waals surface area contributed by atoms with Crippen LogP contribution < -0.4 is 4.74 Å².